The zero-order valence-corrected chi connectivity index (χ0v) is 12.1. The van der Waals surface area contributed by atoms with E-state index in [-0.39, 0.29) is 0 Å². The predicted molar refractivity (Wildman–Crippen MR) is 79.1 cm³/mol. The maximum Gasteiger partial charge on any atom is 0.325 e. The molecule has 0 radical (unpaired) electrons. The molecule has 0 spiro atoms. The first-order valence-electron chi connectivity index (χ1n) is 5.52. The molecule has 0 atom stereocenters. The van der Waals surface area contributed by atoms with Crippen molar-refractivity contribution in [1.29, 1.82) is 5.26 Å². The van der Waals surface area contributed by atoms with Gasteiger partial charge in [0.1, 0.15) is 11.1 Å². The van der Waals surface area contributed by atoms with Gasteiger partial charge in [0, 0.05) is 4.91 Å². The van der Waals surface area contributed by atoms with E-state index in [4.69, 9.17) is 0 Å². The van der Waals surface area contributed by atoms with E-state index in [1.54, 1.807) is 12.2 Å². The molecule has 1 heterocycles. The number of rotatable bonds is 3. The summed E-state index contributed by atoms with van der Waals surface area (Å²) >= 11 is 1.19. The van der Waals surface area contributed by atoms with Gasteiger partial charge in [0.25, 0.3) is 0 Å². The van der Waals surface area contributed by atoms with Gasteiger partial charge in [0.2, 0.25) is 0 Å². The lowest BCUT2D eigenvalue weighted by Crippen LogP contribution is -1.98. The Bertz CT molecular complexity index is 742. The first-order chi connectivity index (χ1) is 9.49. The van der Waals surface area contributed by atoms with Crippen LogP contribution in [0.3, 0.4) is 0 Å². The second kappa shape index (κ2) is 5.94. The molecule has 102 valence electrons. The van der Waals surface area contributed by atoms with Crippen LogP contribution in [0.25, 0.3) is 5.57 Å². The fraction of sp³-hybridized carbons (Fsp3) is 0.0769. The van der Waals surface area contributed by atoms with Crippen LogP contribution in [0.2, 0.25) is 0 Å². The average molecular weight is 306 g/mol. The number of hydrogen-bond acceptors (Lipinski definition) is 6. The van der Waals surface area contributed by atoms with Gasteiger partial charge in [0.05, 0.1) is 11.8 Å². The summed E-state index contributed by atoms with van der Waals surface area (Å²) in [5.41, 5.74) is 1.31. The minimum atomic E-state index is -3.62. The molecule has 1 aromatic carbocycles. The van der Waals surface area contributed by atoms with Crippen LogP contribution < -0.4 is 0 Å². The lowest BCUT2D eigenvalue weighted by atomic mass is 10.1. The zero-order chi connectivity index (χ0) is 14.6. The molecular weight excluding hydrogens is 296 g/mol. The fourth-order valence-corrected chi connectivity index (χ4v) is 2.58. The van der Waals surface area contributed by atoms with Crippen LogP contribution in [0.1, 0.15) is 5.56 Å². The molecule has 0 amide bonds. The summed E-state index contributed by atoms with van der Waals surface area (Å²) in [5, 5.41) is 13.2. The third-order valence-corrected chi connectivity index (χ3v) is 3.60. The van der Waals surface area contributed by atoms with E-state index in [1.807, 2.05) is 30.3 Å². The molecule has 5 nitrogen and oxygen atoms in total. The molecule has 0 N–H and O–H groups in total. The van der Waals surface area contributed by atoms with Crippen LogP contribution in [0.5, 0.6) is 0 Å². The van der Waals surface area contributed by atoms with Gasteiger partial charge in [0.15, 0.2) is 0 Å². The molecule has 2 rings (SSSR count). The molecule has 0 bridgehead atoms. The summed E-state index contributed by atoms with van der Waals surface area (Å²) in [6, 6.07) is 11.4. The Hall–Kier alpha value is -2.04. The first kappa shape index (κ1) is 14.4. The summed E-state index contributed by atoms with van der Waals surface area (Å²) in [7, 11) is -3.62. The average Bonchev–Trinajstić information content (AvgIpc) is 2.87. The lowest BCUT2D eigenvalue weighted by molar-refractivity contribution is 0.345. The number of nitriles is 1. The van der Waals surface area contributed by atoms with Crippen molar-refractivity contribution in [3.63, 3.8) is 0 Å². The first-order valence-corrected chi connectivity index (χ1v) is 8.15. The molecule has 20 heavy (non-hydrogen) atoms. The summed E-state index contributed by atoms with van der Waals surface area (Å²) in [4.78, 5) is 0.703. The van der Waals surface area contributed by atoms with Crippen LogP contribution >= 0.6 is 11.8 Å². The SMILES string of the molecule is CS(=O)(=O)ON=C1C=C/C(=C(/C#N)c2ccccc2)S1. The molecule has 1 aromatic rings. The Balaban J connectivity index is 2.26. The van der Waals surface area contributed by atoms with Crippen LogP contribution in [0.4, 0.5) is 0 Å². The highest BCUT2D eigenvalue weighted by molar-refractivity contribution is 8.18. The van der Waals surface area contributed by atoms with Gasteiger partial charge in [-0.05, 0) is 17.7 Å². The van der Waals surface area contributed by atoms with E-state index in [1.165, 1.54) is 11.8 Å². The highest BCUT2D eigenvalue weighted by Crippen LogP contribution is 2.33. The van der Waals surface area contributed by atoms with Crippen molar-refractivity contribution in [3.8, 4) is 6.07 Å². The Morgan fingerprint density at radius 3 is 2.60 bits per heavy atom. The van der Waals surface area contributed by atoms with Crippen LogP contribution in [0, 0.1) is 11.3 Å². The Labute approximate surface area is 121 Å². The highest BCUT2D eigenvalue weighted by atomic mass is 32.2. The Morgan fingerprint density at radius 2 is 2.00 bits per heavy atom. The molecular formula is C13H10N2O3S2. The minimum Gasteiger partial charge on any atom is -0.268 e. The second-order valence-electron chi connectivity index (χ2n) is 3.86. The number of allylic oxidation sites excluding steroid dienone is 2. The van der Waals surface area contributed by atoms with Gasteiger partial charge in [-0.1, -0.05) is 47.2 Å². The predicted octanol–water partition coefficient (Wildman–Crippen LogP) is 2.51. The molecule has 0 aromatic heterocycles. The van der Waals surface area contributed by atoms with Crippen molar-refractivity contribution in [3.05, 3.63) is 53.0 Å². The summed E-state index contributed by atoms with van der Waals surface area (Å²) in [6.45, 7) is 0. The normalized spacial score (nSPS) is 18.9. The summed E-state index contributed by atoms with van der Waals surface area (Å²) in [5.74, 6) is 0. The maximum absolute atomic E-state index is 10.9. The summed E-state index contributed by atoms with van der Waals surface area (Å²) in [6.07, 6.45) is 4.23. The van der Waals surface area contributed by atoms with E-state index < -0.39 is 10.1 Å². The van der Waals surface area contributed by atoms with Gasteiger partial charge < -0.3 is 0 Å². The number of nitrogens with zero attached hydrogens (tertiary/aromatic N) is 2. The van der Waals surface area contributed by atoms with E-state index in [0.29, 0.717) is 15.5 Å². The lowest BCUT2D eigenvalue weighted by Gasteiger charge is -2.01. The van der Waals surface area contributed by atoms with E-state index >= 15 is 0 Å². The molecule has 0 fully saturated rings. The van der Waals surface area contributed by atoms with Crippen molar-refractivity contribution in [2.24, 2.45) is 5.16 Å². The maximum atomic E-state index is 10.9. The number of thioether (sulfide) groups is 1. The molecule has 0 saturated carbocycles. The standard InChI is InChI=1S/C13H10N2O3S2/c1-20(16,17)18-15-13-8-7-12(19-13)11(9-14)10-5-3-2-4-6-10/h2-8H,1H3/b12-11+,15-13?. The highest BCUT2D eigenvalue weighted by Gasteiger charge is 2.16. The van der Waals surface area contributed by atoms with Gasteiger partial charge in [-0.2, -0.15) is 13.7 Å². The van der Waals surface area contributed by atoms with E-state index in [0.717, 1.165) is 11.8 Å². The minimum absolute atomic E-state index is 0.383. The van der Waals surface area contributed by atoms with Crippen molar-refractivity contribution in [2.45, 2.75) is 0 Å². The number of benzene rings is 1. The van der Waals surface area contributed by atoms with Crippen molar-refractivity contribution < 1.29 is 12.7 Å². The van der Waals surface area contributed by atoms with Crippen molar-refractivity contribution >= 4 is 32.5 Å². The Morgan fingerprint density at radius 1 is 1.30 bits per heavy atom. The number of hydrogen-bond donors (Lipinski definition) is 0. The van der Waals surface area contributed by atoms with Crippen LogP contribution in [-0.4, -0.2) is 19.7 Å². The van der Waals surface area contributed by atoms with Gasteiger partial charge in [-0.25, -0.2) is 0 Å². The van der Waals surface area contributed by atoms with Gasteiger partial charge in [-0.15, -0.1) is 0 Å². The molecule has 1 aliphatic rings. The number of oxime groups is 1. The van der Waals surface area contributed by atoms with Crippen LogP contribution in [-0.2, 0) is 14.4 Å². The molecule has 7 heteroatoms. The van der Waals surface area contributed by atoms with Gasteiger partial charge in [-0.3, -0.25) is 4.28 Å². The van der Waals surface area contributed by atoms with Crippen LogP contribution in [0.15, 0.2) is 52.5 Å². The van der Waals surface area contributed by atoms with E-state index in [2.05, 4.69) is 15.5 Å². The molecule has 1 aliphatic heterocycles. The molecule has 0 unspecified atom stereocenters. The monoisotopic (exact) mass is 306 g/mol. The molecule has 0 aliphatic carbocycles. The topological polar surface area (TPSA) is 79.5 Å². The Kier molecular flexibility index (Phi) is 4.27. The zero-order valence-electron chi connectivity index (χ0n) is 10.5. The van der Waals surface area contributed by atoms with Crippen molar-refractivity contribution in [1.82, 2.24) is 0 Å². The third-order valence-electron chi connectivity index (χ3n) is 2.28. The second-order valence-corrected chi connectivity index (χ2v) is 6.48. The third kappa shape index (κ3) is 3.73. The fourth-order valence-electron chi connectivity index (χ4n) is 1.48. The molecule has 0 saturated heterocycles. The smallest absolute Gasteiger partial charge is 0.268 e. The van der Waals surface area contributed by atoms with E-state index in [9.17, 15) is 13.7 Å². The summed E-state index contributed by atoms with van der Waals surface area (Å²) < 4.78 is 26.1. The largest absolute Gasteiger partial charge is 0.325 e. The quantitative estimate of drug-likeness (QED) is 0.633. The van der Waals surface area contributed by atoms with Crippen molar-refractivity contribution in [2.75, 3.05) is 6.26 Å². The van der Waals surface area contributed by atoms with Gasteiger partial charge >= 0.3 is 10.1 Å².